The second kappa shape index (κ2) is 7.89. The van der Waals surface area contributed by atoms with Gasteiger partial charge in [-0.1, -0.05) is 12.1 Å². The van der Waals surface area contributed by atoms with Gasteiger partial charge in [-0.25, -0.2) is 8.42 Å². The van der Waals surface area contributed by atoms with Gasteiger partial charge in [0, 0.05) is 37.0 Å². The number of amides is 2. The molecule has 1 aliphatic heterocycles. The fourth-order valence-electron chi connectivity index (χ4n) is 2.96. The van der Waals surface area contributed by atoms with Crippen molar-refractivity contribution in [2.24, 2.45) is 0 Å². The highest BCUT2D eigenvalue weighted by atomic mass is 32.2. The Hall–Kier alpha value is -2.71. The Morgan fingerprint density at radius 2 is 1.56 bits per heavy atom. The molecule has 27 heavy (non-hydrogen) atoms. The van der Waals surface area contributed by atoms with Crippen molar-refractivity contribution in [3.8, 4) is 0 Å². The highest BCUT2D eigenvalue weighted by molar-refractivity contribution is 7.89. The number of hydrogen-bond acceptors (Lipinski definition) is 4. The monoisotopic (exact) mass is 387 g/mol. The lowest BCUT2D eigenvalue weighted by Crippen LogP contribution is -2.28. The van der Waals surface area contributed by atoms with Gasteiger partial charge in [0.15, 0.2) is 0 Å². The van der Waals surface area contributed by atoms with Crippen LogP contribution < -0.4 is 10.6 Å². The van der Waals surface area contributed by atoms with Gasteiger partial charge in [0.25, 0.3) is 5.91 Å². The quantitative estimate of drug-likeness (QED) is 0.824. The molecule has 2 aromatic rings. The number of sulfonamides is 1. The van der Waals surface area contributed by atoms with Crippen LogP contribution in [0.15, 0.2) is 53.4 Å². The smallest absolute Gasteiger partial charge is 0.255 e. The third-order valence-corrected chi connectivity index (χ3v) is 6.13. The first-order valence-corrected chi connectivity index (χ1v) is 10.1. The van der Waals surface area contributed by atoms with E-state index in [0.29, 0.717) is 24.5 Å². The summed E-state index contributed by atoms with van der Waals surface area (Å²) in [4.78, 5) is 23.8. The lowest BCUT2D eigenvalue weighted by molar-refractivity contribution is -0.114. The molecule has 2 N–H and O–H groups in total. The van der Waals surface area contributed by atoms with Crippen LogP contribution in [-0.2, 0) is 14.8 Å². The minimum atomic E-state index is -3.58. The van der Waals surface area contributed by atoms with Crippen molar-refractivity contribution in [3.63, 3.8) is 0 Å². The van der Waals surface area contributed by atoms with Crippen molar-refractivity contribution in [1.82, 2.24) is 4.31 Å². The van der Waals surface area contributed by atoms with Gasteiger partial charge in [-0.15, -0.1) is 0 Å². The average Bonchev–Trinajstić information content (AvgIpc) is 3.17. The Kier molecular flexibility index (Phi) is 5.57. The largest absolute Gasteiger partial charge is 0.326 e. The zero-order valence-corrected chi connectivity index (χ0v) is 15.8. The first-order valence-electron chi connectivity index (χ1n) is 8.65. The molecule has 0 atom stereocenters. The maximum Gasteiger partial charge on any atom is 0.255 e. The lowest BCUT2D eigenvalue weighted by Gasteiger charge is -2.16. The van der Waals surface area contributed by atoms with Crippen molar-refractivity contribution in [2.75, 3.05) is 23.7 Å². The fourth-order valence-corrected chi connectivity index (χ4v) is 4.52. The molecule has 1 fully saturated rings. The van der Waals surface area contributed by atoms with Crippen LogP contribution in [0, 0.1) is 0 Å². The fraction of sp³-hybridized carbons (Fsp3) is 0.263. The van der Waals surface area contributed by atoms with Crippen molar-refractivity contribution < 1.29 is 18.0 Å². The highest BCUT2D eigenvalue weighted by Gasteiger charge is 2.27. The predicted molar refractivity (Wildman–Crippen MR) is 103 cm³/mol. The summed E-state index contributed by atoms with van der Waals surface area (Å²) in [6, 6.07) is 12.7. The predicted octanol–water partition coefficient (Wildman–Crippen LogP) is 2.68. The third-order valence-electron chi connectivity index (χ3n) is 4.24. The zero-order chi connectivity index (χ0) is 19.4. The Morgan fingerprint density at radius 3 is 2.22 bits per heavy atom. The molecule has 0 unspecified atom stereocenters. The molecule has 3 rings (SSSR count). The number of anilines is 2. The Bertz CT molecular complexity index is 966. The second-order valence-electron chi connectivity index (χ2n) is 6.36. The maximum atomic E-state index is 12.7. The first kappa shape index (κ1) is 19.1. The summed E-state index contributed by atoms with van der Waals surface area (Å²) in [5.74, 6) is -0.633. The Labute approximate surface area is 158 Å². The number of benzene rings is 2. The average molecular weight is 387 g/mol. The minimum absolute atomic E-state index is 0.115. The Balaban J connectivity index is 1.79. The van der Waals surface area contributed by atoms with Gasteiger partial charge < -0.3 is 10.6 Å². The van der Waals surface area contributed by atoms with E-state index in [0.717, 1.165) is 12.8 Å². The van der Waals surface area contributed by atoms with Crippen LogP contribution in [0.3, 0.4) is 0 Å². The molecule has 0 saturated carbocycles. The SMILES string of the molecule is CC(=O)Nc1cccc(NC(=O)c2cccc(S(=O)(=O)N3CCCC3)c2)c1. The molecule has 142 valence electrons. The van der Waals surface area contributed by atoms with E-state index in [-0.39, 0.29) is 16.4 Å². The molecule has 0 radical (unpaired) electrons. The summed E-state index contributed by atoms with van der Waals surface area (Å²) in [6.07, 6.45) is 1.70. The van der Waals surface area contributed by atoms with Gasteiger partial charge in [0.05, 0.1) is 4.90 Å². The van der Waals surface area contributed by atoms with Crippen LogP contribution in [-0.4, -0.2) is 37.6 Å². The van der Waals surface area contributed by atoms with Crippen molar-refractivity contribution in [1.29, 1.82) is 0 Å². The number of hydrogen-bond donors (Lipinski definition) is 2. The first-order chi connectivity index (χ1) is 12.9. The number of nitrogens with zero attached hydrogens (tertiary/aromatic N) is 1. The summed E-state index contributed by atoms with van der Waals surface area (Å²) < 4.78 is 26.8. The minimum Gasteiger partial charge on any atom is -0.326 e. The molecule has 8 heteroatoms. The summed E-state index contributed by atoms with van der Waals surface area (Å²) >= 11 is 0. The van der Waals surface area contributed by atoms with Crippen molar-refractivity contribution in [2.45, 2.75) is 24.7 Å². The summed E-state index contributed by atoms with van der Waals surface area (Å²) in [7, 11) is -3.58. The number of nitrogens with one attached hydrogen (secondary N) is 2. The van der Waals surface area contributed by atoms with Gasteiger partial charge in [-0.2, -0.15) is 4.31 Å². The molecule has 0 aromatic heterocycles. The molecule has 2 aromatic carbocycles. The zero-order valence-electron chi connectivity index (χ0n) is 14.9. The van der Waals surface area contributed by atoms with Crippen LogP contribution in [0.2, 0.25) is 0 Å². The van der Waals surface area contributed by atoms with E-state index in [4.69, 9.17) is 0 Å². The van der Waals surface area contributed by atoms with Gasteiger partial charge in [0.1, 0.15) is 0 Å². The molecule has 7 nitrogen and oxygen atoms in total. The second-order valence-corrected chi connectivity index (χ2v) is 8.29. The van der Waals surface area contributed by atoms with Crippen molar-refractivity contribution in [3.05, 3.63) is 54.1 Å². The van der Waals surface area contributed by atoms with Crippen LogP contribution >= 0.6 is 0 Å². The number of carbonyl (C=O) groups excluding carboxylic acids is 2. The normalized spacial score (nSPS) is 14.7. The number of carbonyl (C=O) groups is 2. The molecule has 1 aliphatic rings. The van der Waals surface area contributed by atoms with E-state index < -0.39 is 15.9 Å². The van der Waals surface area contributed by atoms with E-state index in [9.17, 15) is 18.0 Å². The molecule has 2 amide bonds. The van der Waals surface area contributed by atoms with E-state index in [2.05, 4.69) is 10.6 Å². The van der Waals surface area contributed by atoms with Gasteiger partial charge in [0.2, 0.25) is 15.9 Å². The molecule has 0 bridgehead atoms. The van der Waals surface area contributed by atoms with Crippen LogP contribution in [0.1, 0.15) is 30.1 Å². The highest BCUT2D eigenvalue weighted by Crippen LogP contribution is 2.22. The molecule has 1 saturated heterocycles. The van der Waals surface area contributed by atoms with Gasteiger partial charge in [-0.05, 0) is 49.2 Å². The molecule has 0 spiro atoms. The Morgan fingerprint density at radius 1 is 0.926 bits per heavy atom. The summed E-state index contributed by atoms with van der Waals surface area (Å²) in [5.41, 5.74) is 1.31. The molecular weight excluding hydrogens is 366 g/mol. The van der Waals surface area contributed by atoms with Gasteiger partial charge in [-0.3, -0.25) is 9.59 Å². The third kappa shape index (κ3) is 4.53. The van der Waals surface area contributed by atoms with E-state index >= 15 is 0 Å². The van der Waals surface area contributed by atoms with Gasteiger partial charge >= 0.3 is 0 Å². The topological polar surface area (TPSA) is 95.6 Å². The van der Waals surface area contributed by atoms with E-state index in [1.54, 1.807) is 36.4 Å². The summed E-state index contributed by atoms with van der Waals surface area (Å²) in [5, 5.41) is 5.36. The lowest BCUT2D eigenvalue weighted by atomic mass is 10.2. The maximum absolute atomic E-state index is 12.7. The van der Waals surface area contributed by atoms with Crippen LogP contribution in [0.25, 0.3) is 0 Å². The van der Waals surface area contributed by atoms with E-state index in [1.165, 1.54) is 23.4 Å². The van der Waals surface area contributed by atoms with Crippen LogP contribution in [0.4, 0.5) is 11.4 Å². The van der Waals surface area contributed by atoms with Crippen molar-refractivity contribution >= 4 is 33.2 Å². The number of rotatable bonds is 5. The molecule has 1 heterocycles. The molecule has 0 aliphatic carbocycles. The van der Waals surface area contributed by atoms with E-state index in [1.807, 2.05) is 0 Å². The standard InChI is InChI=1S/C19H21N3O4S/c1-14(23)20-16-7-5-8-17(13-16)21-19(24)15-6-4-9-18(12-15)27(25,26)22-10-2-3-11-22/h4-9,12-13H,2-3,10-11H2,1H3,(H,20,23)(H,21,24). The molecular formula is C19H21N3O4S. The van der Waals surface area contributed by atoms with Crippen LogP contribution in [0.5, 0.6) is 0 Å². The summed E-state index contributed by atoms with van der Waals surface area (Å²) in [6.45, 7) is 2.42.